The van der Waals surface area contributed by atoms with Crippen molar-refractivity contribution < 1.29 is 0 Å². The van der Waals surface area contributed by atoms with Crippen LogP contribution in [0.3, 0.4) is 0 Å². The van der Waals surface area contributed by atoms with Gasteiger partial charge in [0.1, 0.15) is 6.07 Å². The Labute approximate surface area is 107 Å². The smallest absolute Gasteiger partial charge is 0.101 e. The van der Waals surface area contributed by atoms with Crippen molar-refractivity contribution in [3.8, 4) is 6.07 Å². The number of piperazine rings is 1. The molecule has 1 aromatic carbocycles. The number of anilines is 1. The van der Waals surface area contributed by atoms with Crippen molar-refractivity contribution in [2.24, 2.45) is 0 Å². The minimum absolute atomic E-state index is 0.495. The molecule has 4 heteroatoms. The lowest BCUT2D eigenvalue weighted by Gasteiger charge is -2.39. The zero-order chi connectivity index (χ0) is 12.4. The Morgan fingerprint density at radius 2 is 2.18 bits per heavy atom. The van der Waals surface area contributed by atoms with Gasteiger partial charge in [-0.3, -0.25) is 0 Å². The number of hydrogen-bond acceptors (Lipinski definition) is 3. The summed E-state index contributed by atoms with van der Waals surface area (Å²) >= 11 is 6.01. The molecule has 1 heterocycles. The number of halogens is 1. The quantitative estimate of drug-likeness (QED) is 0.766. The summed E-state index contributed by atoms with van der Waals surface area (Å²) in [5.74, 6) is 0. The van der Waals surface area contributed by atoms with Gasteiger partial charge in [-0.2, -0.15) is 5.26 Å². The molecule has 3 nitrogen and oxygen atoms in total. The summed E-state index contributed by atoms with van der Waals surface area (Å²) in [5.41, 5.74) is 1.66. The molecular weight excluding hydrogens is 234 g/mol. The van der Waals surface area contributed by atoms with Gasteiger partial charge < -0.3 is 9.80 Å². The van der Waals surface area contributed by atoms with E-state index in [4.69, 9.17) is 16.9 Å². The monoisotopic (exact) mass is 249 g/mol. The van der Waals surface area contributed by atoms with E-state index >= 15 is 0 Å². The number of rotatable bonds is 1. The van der Waals surface area contributed by atoms with Crippen LogP contribution in [-0.4, -0.2) is 37.6 Å². The molecule has 0 aliphatic carbocycles. The van der Waals surface area contributed by atoms with E-state index in [1.165, 1.54) is 0 Å². The molecule has 0 amide bonds. The van der Waals surface area contributed by atoms with Crippen molar-refractivity contribution >= 4 is 17.3 Å². The van der Waals surface area contributed by atoms with Crippen molar-refractivity contribution in [3.63, 3.8) is 0 Å². The van der Waals surface area contributed by atoms with E-state index in [2.05, 4.69) is 29.8 Å². The molecule has 1 aromatic rings. The third-order valence-electron chi connectivity index (χ3n) is 3.38. The predicted octanol–water partition coefficient (Wildman–Crippen LogP) is 2.35. The summed E-state index contributed by atoms with van der Waals surface area (Å²) in [6.45, 7) is 5.09. The first-order valence-electron chi connectivity index (χ1n) is 5.76. The lowest BCUT2D eigenvalue weighted by atomic mass is 10.1. The number of likely N-dealkylation sites (N-methyl/N-ethyl adjacent to an activating group) is 1. The number of nitrogens with zero attached hydrogens (tertiary/aromatic N) is 3. The molecule has 17 heavy (non-hydrogen) atoms. The summed E-state index contributed by atoms with van der Waals surface area (Å²) in [6.07, 6.45) is 0. The van der Waals surface area contributed by atoms with Crippen molar-refractivity contribution in [2.45, 2.75) is 13.0 Å². The Kier molecular flexibility index (Phi) is 3.56. The van der Waals surface area contributed by atoms with Gasteiger partial charge in [-0.1, -0.05) is 11.6 Å². The first-order valence-corrected chi connectivity index (χ1v) is 6.14. The van der Waals surface area contributed by atoms with Crippen LogP contribution >= 0.6 is 11.6 Å². The average Bonchev–Trinajstić information content (AvgIpc) is 2.32. The molecule has 1 unspecified atom stereocenters. The first-order chi connectivity index (χ1) is 8.11. The summed E-state index contributed by atoms with van der Waals surface area (Å²) < 4.78 is 0. The molecule has 1 atom stereocenters. The van der Waals surface area contributed by atoms with E-state index in [0.717, 1.165) is 25.3 Å². The van der Waals surface area contributed by atoms with Crippen LogP contribution in [0.5, 0.6) is 0 Å². The zero-order valence-electron chi connectivity index (χ0n) is 10.2. The van der Waals surface area contributed by atoms with Gasteiger partial charge in [0.15, 0.2) is 0 Å². The molecule has 0 aromatic heterocycles. The first kappa shape index (κ1) is 12.2. The Morgan fingerprint density at radius 3 is 2.82 bits per heavy atom. The minimum Gasteiger partial charge on any atom is -0.368 e. The second-order valence-electron chi connectivity index (χ2n) is 4.55. The molecule has 0 N–H and O–H groups in total. The fraction of sp³-hybridized carbons (Fsp3) is 0.462. The van der Waals surface area contributed by atoms with Crippen LogP contribution in [0, 0.1) is 11.3 Å². The Hall–Kier alpha value is -1.24. The summed E-state index contributed by atoms with van der Waals surface area (Å²) in [5, 5.41) is 9.81. The highest BCUT2D eigenvalue weighted by Gasteiger charge is 2.22. The highest BCUT2D eigenvalue weighted by atomic mass is 35.5. The van der Waals surface area contributed by atoms with Crippen LogP contribution in [0.4, 0.5) is 5.69 Å². The van der Waals surface area contributed by atoms with E-state index in [9.17, 15) is 0 Å². The Morgan fingerprint density at radius 1 is 1.41 bits per heavy atom. The summed E-state index contributed by atoms with van der Waals surface area (Å²) in [7, 11) is 2.13. The van der Waals surface area contributed by atoms with Gasteiger partial charge in [-0.05, 0) is 32.2 Å². The summed E-state index contributed by atoms with van der Waals surface area (Å²) in [6, 6.07) is 8.17. The molecule has 0 spiro atoms. The van der Waals surface area contributed by atoms with E-state index in [1.54, 1.807) is 12.1 Å². The number of benzene rings is 1. The third kappa shape index (κ3) is 2.54. The van der Waals surface area contributed by atoms with Crippen LogP contribution in [0.15, 0.2) is 18.2 Å². The van der Waals surface area contributed by atoms with Gasteiger partial charge in [-0.15, -0.1) is 0 Å². The molecule has 0 bridgehead atoms. The molecular formula is C13H16ClN3. The molecule has 1 aliphatic heterocycles. The molecule has 2 rings (SSSR count). The minimum atomic E-state index is 0.495. The van der Waals surface area contributed by atoms with E-state index in [1.807, 2.05) is 6.07 Å². The second kappa shape index (κ2) is 4.95. The van der Waals surface area contributed by atoms with Crippen molar-refractivity contribution in [1.82, 2.24) is 4.90 Å². The fourth-order valence-corrected chi connectivity index (χ4v) is 2.29. The molecule has 1 saturated heterocycles. The third-order valence-corrected chi connectivity index (χ3v) is 3.62. The van der Waals surface area contributed by atoms with Crippen molar-refractivity contribution in [1.29, 1.82) is 5.26 Å². The molecule has 90 valence electrons. The Balaban J connectivity index is 2.28. The van der Waals surface area contributed by atoms with Crippen LogP contribution in [-0.2, 0) is 0 Å². The highest BCUT2D eigenvalue weighted by molar-refractivity contribution is 6.30. The molecule has 1 aliphatic rings. The second-order valence-corrected chi connectivity index (χ2v) is 4.99. The standard InChI is InChI=1S/C13H16ClN3/c1-10-9-17(6-5-16(10)2)13-7-12(14)4-3-11(13)8-15/h3-4,7,10H,5-6,9H2,1-2H3. The molecule has 1 fully saturated rings. The average molecular weight is 250 g/mol. The largest absolute Gasteiger partial charge is 0.368 e. The van der Waals surface area contributed by atoms with Gasteiger partial charge in [0, 0.05) is 30.7 Å². The fourth-order valence-electron chi connectivity index (χ4n) is 2.13. The van der Waals surface area contributed by atoms with Crippen LogP contribution in [0.1, 0.15) is 12.5 Å². The Bertz CT molecular complexity index is 452. The predicted molar refractivity (Wildman–Crippen MR) is 70.5 cm³/mol. The van der Waals surface area contributed by atoms with Crippen LogP contribution < -0.4 is 4.90 Å². The number of nitriles is 1. The molecule has 0 saturated carbocycles. The topological polar surface area (TPSA) is 30.3 Å². The van der Waals surface area contributed by atoms with Crippen molar-refractivity contribution in [3.05, 3.63) is 28.8 Å². The highest BCUT2D eigenvalue weighted by Crippen LogP contribution is 2.26. The van der Waals surface area contributed by atoms with Gasteiger partial charge in [0.05, 0.1) is 11.3 Å². The maximum atomic E-state index is 9.13. The van der Waals surface area contributed by atoms with E-state index in [-0.39, 0.29) is 0 Å². The SMILES string of the molecule is CC1CN(c2cc(Cl)ccc2C#N)CCN1C. The summed E-state index contributed by atoms with van der Waals surface area (Å²) in [4.78, 5) is 4.57. The zero-order valence-corrected chi connectivity index (χ0v) is 10.9. The normalized spacial score (nSPS) is 21.3. The lowest BCUT2D eigenvalue weighted by molar-refractivity contribution is 0.234. The van der Waals surface area contributed by atoms with E-state index < -0.39 is 0 Å². The van der Waals surface area contributed by atoms with Gasteiger partial charge in [0.2, 0.25) is 0 Å². The van der Waals surface area contributed by atoms with Gasteiger partial charge in [-0.25, -0.2) is 0 Å². The van der Waals surface area contributed by atoms with Crippen LogP contribution in [0.2, 0.25) is 5.02 Å². The van der Waals surface area contributed by atoms with Gasteiger partial charge in [0.25, 0.3) is 0 Å². The maximum Gasteiger partial charge on any atom is 0.101 e. The maximum absolute atomic E-state index is 9.13. The van der Waals surface area contributed by atoms with Crippen molar-refractivity contribution in [2.75, 3.05) is 31.6 Å². The van der Waals surface area contributed by atoms with Crippen LogP contribution in [0.25, 0.3) is 0 Å². The lowest BCUT2D eigenvalue weighted by Crippen LogP contribution is -2.50. The van der Waals surface area contributed by atoms with E-state index in [0.29, 0.717) is 16.6 Å². The van der Waals surface area contributed by atoms with Gasteiger partial charge >= 0.3 is 0 Å². The molecule has 0 radical (unpaired) electrons. The number of hydrogen-bond donors (Lipinski definition) is 0.